The van der Waals surface area contributed by atoms with Crippen LogP contribution in [0.15, 0.2) is 59.0 Å². The lowest BCUT2D eigenvalue weighted by molar-refractivity contribution is -0.255. The van der Waals surface area contributed by atoms with Gasteiger partial charge in [0.1, 0.15) is 11.3 Å². The minimum Gasteiger partial charge on any atom is -0.545 e. The summed E-state index contributed by atoms with van der Waals surface area (Å²) in [4.78, 5) is 31.4. The van der Waals surface area contributed by atoms with Crippen molar-refractivity contribution < 1.29 is 49.8 Å². The molecule has 3 aliphatic heterocycles. The molecule has 290 valence electrons. The van der Waals surface area contributed by atoms with Gasteiger partial charge in [-0.2, -0.15) is 8.42 Å². The maximum absolute atomic E-state index is 12.5. The lowest BCUT2D eigenvalue weighted by Crippen LogP contribution is -2.48. The minimum atomic E-state index is -3.95. The van der Waals surface area contributed by atoms with Crippen molar-refractivity contribution in [3.63, 3.8) is 0 Å². The molecule has 1 aliphatic carbocycles. The Kier molecular flexibility index (Phi) is 13.6. The van der Waals surface area contributed by atoms with E-state index in [1.54, 1.807) is 0 Å². The second-order valence-electron chi connectivity index (χ2n) is 13.4. The van der Waals surface area contributed by atoms with E-state index in [1.165, 1.54) is 24.6 Å². The second kappa shape index (κ2) is 18.1. The number of anilines is 1. The number of hydrogen-bond acceptors (Lipinski definition) is 12. The summed E-state index contributed by atoms with van der Waals surface area (Å²) < 4.78 is 65.4. The lowest BCUT2D eigenvalue weighted by Gasteiger charge is -2.36. The van der Waals surface area contributed by atoms with E-state index >= 15 is 0 Å². The molecule has 0 amide bonds. The molecule has 2 fully saturated rings. The third-order valence-electron chi connectivity index (χ3n) is 9.87. The quantitative estimate of drug-likeness (QED) is 0.0911. The van der Waals surface area contributed by atoms with Crippen molar-refractivity contribution >= 4 is 49.3 Å². The maximum atomic E-state index is 12.5. The summed E-state index contributed by atoms with van der Waals surface area (Å²) in [6.07, 6.45) is 3.43. The number of unbranched alkanes of at least 4 members (excludes halogenated alkanes) is 2. The van der Waals surface area contributed by atoms with Crippen molar-refractivity contribution in [2.24, 2.45) is 0 Å². The van der Waals surface area contributed by atoms with Crippen LogP contribution < -0.4 is 19.9 Å². The number of carbonyl (C=O) groups is 2. The molecule has 0 aromatic heterocycles. The Morgan fingerprint density at radius 1 is 0.852 bits per heavy atom. The van der Waals surface area contributed by atoms with E-state index in [9.17, 15) is 28.2 Å². The monoisotopic (exact) mass is 784 g/mol. The Bertz CT molecular complexity index is 2250. The molecule has 2 aromatic rings. The SMILES string of the molecule is CCCCN1CC[N+](=c2ccc3c(-c4cc(C(=O)[O-])ccc4C(=O)O)c4ccc(N5CCN(CCCCS(=O)(=O)O)CC5)cc4oc-3c2)CC1.O=S(=O)=O. The number of hydrogen-bond donors (Lipinski definition) is 2. The molecule has 0 atom stereocenters. The molecule has 6 rings (SSSR count). The molecule has 2 saturated heterocycles. The normalized spacial score (nSPS) is 15.6. The van der Waals surface area contributed by atoms with Crippen LogP contribution in [0.1, 0.15) is 53.3 Å². The van der Waals surface area contributed by atoms with E-state index in [1.807, 2.05) is 36.4 Å². The summed E-state index contributed by atoms with van der Waals surface area (Å²) in [7, 11) is -7.06. The van der Waals surface area contributed by atoms with Crippen LogP contribution in [-0.2, 0) is 20.7 Å². The number of rotatable bonds is 12. The van der Waals surface area contributed by atoms with Gasteiger partial charge in [-0.25, -0.2) is 9.37 Å². The first-order valence-electron chi connectivity index (χ1n) is 17.8. The Morgan fingerprint density at radius 2 is 1.52 bits per heavy atom. The Hall–Kier alpha value is -4.68. The van der Waals surface area contributed by atoms with E-state index < -0.39 is 32.7 Å². The van der Waals surface area contributed by atoms with Gasteiger partial charge in [-0.05, 0) is 73.8 Å². The van der Waals surface area contributed by atoms with Gasteiger partial charge in [0.05, 0.1) is 36.4 Å². The average molecular weight is 785 g/mol. The standard InChI is InChI=1S/C37H44N4O8S.O3S/c1-2-3-12-38-14-18-40(19-15-38)27-7-10-30-33(24-27)49-34-25-28(41-20-16-39(17-21-41)13-4-5-22-50(46,47)48)8-11-31(34)35(30)32-23-26(36(42)43)6-9-29(32)37(44)45;1-4(2)3/h6-11,23-25H,2-5,12-22H2,1H3,(H2-,42,43,44,45,46,47,48);. The van der Waals surface area contributed by atoms with Crippen LogP contribution in [0.5, 0.6) is 0 Å². The predicted molar refractivity (Wildman–Crippen MR) is 200 cm³/mol. The van der Waals surface area contributed by atoms with Crippen LogP contribution in [-0.4, -0.2) is 124 Å². The Morgan fingerprint density at radius 3 is 2.15 bits per heavy atom. The number of benzene rings is 3. The molecular weight excluding hydrogens is 741 g/mol. The van der Waals surface area contributed by atoms with Crippen molar-refractivity contribution in [2.75, 3.05) is 76.1 Å². The van der Waals surface area contributed by atoms with Crippen LogP contribution >= 0.6 is 0 Å². The van der Waals surface area contributed by atoms with E-state index in [-0.39, 0.29) is 22.4 Å². The third-order valence-corrected chi connectivity index (χ3v) is 10.7. The number of carboxylic acids is 2. The average Bonchev–Trinajstić information content (AvgIpc) is 3.14. The second-order valence-corrected chi connectivity index (χ2v) is 15.4. The summed E-state index contributed by atoms with van der Waals surface area (Å²) in [5.41, 5.74) is 2.89. The molecule has 54 heavy (non-hydrogen) atoms. The summed E-state index contributed by atoms with van der Waals surface area (Å²) in [5.74, 6) is -2.22. The van der Waals surface area contributed by atoms with E-state index in [4.69, 9.17) is 21.6 Å². The molecule has 0 spiro atoms. The molecule has 2 N–H and O–H groups in total. The Labute approximate surface area is 314 Å². The number of carboxylic acid groups (broad SMARTS) is 2. The highest BCUT2D eigenvalue weighted by Gasteiger charge is 2.25. The molecular formula is C37H44N4O11S2. The third kappa shape index (κ3) is 10.5. The zero-order valence-corrected chi connectivity index (χ0v) is 31.6. The fourth-order valence-electron chi connectivity index (χ4n) is 7.08. The van der Waals surface area contributed by atoms with Crippen molar-refractivity contribution in [1.29, 1.82) is 0 Å². The largest absolute Gasteiger partial charge is 0.545 e. The van der Waals surface area contributed by atoms with Gasteiger partial charge >= 0.3 is 16.6 Å². The van der Waals surface area contributed by atoms with Crippen LogP contribution in [0, 0.1) is 0 Å². The van der Waals surface area contributed by atoms with Crippen molar-refractivity contribution in [2.45, 2.75) is 32.6 Å². The molecule has 4 aliphatic rings. The number of fused-ring (bicyclic) bond motifs is 2. The molecule has 17 heteroatoms. The van der Waals surface area contributed by atoms with Crippen LogP contribution in [0.4, 0.5) is 5.69 Å². The highest BCUT2D eigenvalue weighted by atomic mass is 32.2. The van der Waals surface area contributed by atoms with Crippen LogP contribution in [0.25, 0.3) is 33.4 Å². The zero-order chi connectivity index (χ0) is 39.0. The first-order valence-corrected chi connectivity index (χ1v) is 20.4. The highest BCUT2D eigenvalue weighted by molar-refractivity contribution is 7.85. The number of carbonyl (C=O) groups excluding carboxylic acids is 1. The smallest absolute Gasteiger partial charge is 0.425 e. The first-order chi connectivity index (χ1) is 25.7. The zero-order valence-electron chi connectivity index (χ0n) is 30.0. The van der Waals surface area contributed by atoms with Gasteiger partial charge in [0.2, 0.25) is 5.36 Å². The van der Waals surface area contributed by atoms with Gasteiger partial charge in [-0.1, -0.05) is 19.4 Å². The predicted octanol–water partition coefficient (Wildman–Crippen LogP) is 1.94. The highest BCUT2D eigenvalue weighted by Crippen LogP contribution is 2.42. The number of piperazine rings is 2. The summed E-state index contributed by atoms with van der Waals surface area (Å²) in [6, 6.07) is 15.7. The molecule has 2 aromatic carbocycles. The first kappa shape index (κ1) is 40.5. The summed E-state index contributed by atoms with van der Waals surface area (Å²) >= 11 is 0. The Balaban J connectivity index is 0.00000133. The fourth-order valence-corrected chi connectivity index (χ4v) is 7.65. The van der Waals surface area contributed by atoms with Crippen LogP contribution in [0.3, 0.4) is 0 Å². The molecule has 15 nitrogen and oxygen atoms in total. The summed E-state index contributed by atoms with van der Waals surface area (Å²) in [6.45, 7) is 10.8. The van der Waals surface area contributed by atoms with Crippen molar-refractivity contribution in [1.82, 2.24) is 14.4 Å². The summed E-state index contributed by atoms with van der Waals surface area (Å²) in [5, 5.41) is 23.8. The van der Waals surface area contributed by atoms with Gasteiger partial charge in [-0.15, -0.1) is 12.6 Å². The van der Waals surface area contributed by atoms with Crippen LogP contribution in [0.2, 0.25) is 0 Å². The molecule has 0 radical (unpaired) electrons. The van der Waals surface area contributed by atoms with Gasteiger partial charge in [0, 0.05) is 60.5 Å². The molecule has 0 saturated carbocycles. The van der Waals surface area contributed by atoms with Gasteiger partial charge < -0.3 is 24.3 Å². The lowest BCUT2D eigenvalue weighted by atomic mass is 9.89. The van der Waals surface area contributed by atoms with Gasteiger partial charge in [0.25, 0.3) is 10.1 Å². The van der Waals surface area contributed by atoms with Crippen molar-refractivity contribution in [3.8, 4) is 22.5 Å². The van der Waals surface area contributed by atoms with Gasteiger partial charge in [-0.3, -0.25) is 14.4 Å². The van der Waals surface area contributed by atoms with E-state index in [0.717, 1.165) is 82.9 Å². The molecule has 0 bridgehead atoms. The molecule has 3 heterocycles. The minimum absolute atomic E-state index is 0.0205. The van der Waals surface area contributed by atoms with Crippen molar-refractivity contribution in [3.05, 3.63) is 71.1 Å². The maximum Gasteiger partial charge on any atom is 0.425 e. The topological polar surface area (TPSA) is 209 Å². The number of nitrogens with zero attached hydrogens (tertiary/aromatic N) is 4. The molecule has 0 unspecified atom stereocenters. The van der Waals surface area contributed by atoms with Gasteiger partial charge in [0.15, 0.2) is 13.1 Å². The van der Waals surface area contributed by atoms with E-state index in [0.29, 0.717) is 40.7 Å². The number of aromatic carboxylic acids is 2. The van der Waals surface area contributed by atoms with E-state index in [2.05, 4.69) is 26.2 Å². The fraction of sp³-hybridized carbons (Fsp3) is 0.432.